The van der Waals surface area contributed by atoms with E-state index in [1.54, 1.807) is 12.1 Å². The van der Waals surface area contributed by atoms with Gasteiger partial charge in [-0.05, 0) is 53.7 Å². The van der Waals surface area contributed by atoms with E-state index in [1.807, 2.05) is 32.1 Å². The van der Waals surface area contributed by atoms with Crippen LogP contribution in [0.15, 0.2) is 59.2 Å². The Kier molecular flexibility index (Phi) is 7.79. The molecule has 0 saturated heterocycles. The standard InChI is InChI=1S/C25H35NO5S/c1-18(24(2,3)4)11-10-12-22-25(5,6)20-17-19(32(29,30)31)14-15-21(20)26(22)16-9-7-8-13-23(27)28/h10-12,14-15,17H,1,7-9,13,16H2,2-6H3,(H,27,28)(H,29,30,31). The first-order valence-corrected chi connectivity index (χ1v) is 12.3. The fourth-order valence-electron chi connectivity index (χ4n) is 3.78. The first-order valence-electron chi connectivity index (χ1n) is 10.9. The molecule has 0 fully saturated rings. The third-order valence-corrected chi connectivity index (χ3v) is 6.80. The Morgan fingerprint density at radius 2 is 1.84 bits per heavy atom. The minimum absolute atomic E-state index is 0.0443. The predicted octanol–water partition coefficient (Wildman–Crippen LogP) is 5.72. The number of fused-ring (bicyclic) bond motifs is 1. The molecule has 2 rings (SSSR count). The van der Waals surface area contributed by atoms with E-state index >= 15 is 0 Å². The van der Waals surface area contributed by atoms with Crippen LogP contribution in [0.1, 0.15) is 65.9 Å². The molecular weight excluding hydrogens is 426 g/mol. The van der Waals surface area contributed by atoms with Gasteiger partial charge in [-0.2, -0.15) is 8.42 Å². The van der Waals surface area contributed by atoms with E-state index in [0.717, 1.165) is 35.4 Å². The lowest BCUT2D eigenvalue weighted by atomic mass is 9.83. The number of anilines is 1. The van der Waals surface area contributed by atoms with Gasteiger partial charge in [-0.1, -0.05) is 59.8 Å². The lowest BCUT2D eigenvalue weighted by molar-refractivity contribution is -0.137. The molecule has 176 valence electrons. The molecule has 6 nitrogen and oxygen atoms in total. The third kappa shape index (κ3) is 6.11. The Hall–Kier alpha value is -2.38. The van der Waals surface area contributed by atoms with Gasteiger partial charge in [-0.25, -0.2) is 0 Å². The Morgan fingerprint density at radius 3 is 2.41 bits per heavy atom. The van der Waals surface area contributed by atoms with Gasteiger partial charge in [0.1, 0.15) is 0 Å². The van der Waals surface area contributed by atoms with E-state index in [9.17, 15) is 17.8 Å². The van der Waals surface area contributed by atoms with Crippen molar-refractivity contribution in [2.45, 2.75) is 70.6 Å². The van der Waals surface area contributed by atoms with E-state index in [1.165, 1.54) is 6.07 Å². The van der Waals surface area contributed by atoms with Gasteiger partial charge < -0.3 is 10.0 Å². The van der Waals surface area contributed by atoms with Gasteiger partial charge in [0.25, 0.3) is 10.1 Å². The highest BCUT2D eigenvalue weighted by molar-refractivity contribution is 7.85. The summed E-state index contributed by atoms with van der Waals surface area (Å²) < 4.78 is 32.9. The summed E-state index contributed by atoms with van der Waals surface area (Å²) >= 11 is 0. The van der Waals surface area contributed by atoms with Crippen molar-refractivity contribution in [3.8, 4) is 0 Å². The number of carboxylic acids is 1. The molecule has 1 aromatic rings. The average molecular weight is 462 g/mol. The number of hydrogen-bond acceptors (Lipinski definition) is 4. The van der Waals surface area contributed by atoms with Crippen molar-refractivity contribution in [2.24, 2.45) is 5.41 Å². The first kappa shape index (κ1) is 25.9. The van der Waals surface area contributed by atoms with Crippen molar-refractivity contribution in [1.29, 1.82) is 0 Å². The first-order chi connectivity index (χ1) is 14.7. The van der Waals surface area contributed by atoms with Crippen LogP contribution in [0.25, 0.3) is 0 Å². The van der Waals surface area contributed by atoms with Crippen LogP contribution in [-0.2, 0) is 20.3 Å². The van der Waals surface area contributed by atoms with Crippen molar-refractivity contribution in [2.75, 3.05) is 11.4 Å². The average Bonchev–Trinajstić information content (AvgIpc) is 2.86. The van der Waals surface area contributed by atoms with Crippen LogP contribution in [-0.4, -0.2) is 30.6 Å². The molecule has 0 aromatic heterocycles. The Labute approximate surface area is 192 Å². The second-order valence-corrected chi connectivity index (χ2v) is 11.2. The van der Waals surface area contributed by atoms with Crippen molar-refractivity contribution >= 4 is 21.8 Å². The van der Waals surface area contributed by atoms with Gasteiger partial charge in [-0.15, -0.1) is 0 Å². The molecule has 1 aliphatic rings. The highest BCUT2D eigenvalue weighted by Gasteiger charge is 2.40. The van der Waals surface area contributed by atoms with Gasteiger partial charge in [-0.3, -0.25) is 9.35 Å². The van der Waals surface area contributed by atoms with Crippen molar-refractivity contribution in [1.82, 2.24) is 0 Å². The second-order valence-electron chi connectivity index (χ2n) is 9.82. The van der Waals surface area contributed by atoms with Crippen LogP contribution < -0.4 is 4.90 Å². The van der Waals surface area contributed by atoms with Crippen molar-refractivity contribution in [3.05, 3.63) is 59.8 Å². The minimum atomic E-state index is -4.31. The summed E-state index contributed by atoms with van der Waals surface area (Å²) in [5.74, 6) is -0.791. The summed E-state index contributed by atoms with van der Waals surface area (Å²) in [5, 5.41) is 8.85. The van der Waals surface area contributed by atoms with E-state index < -0.39 is 21.5 Å². The fourth-order valence-corrected chi connectivity index (χ4v) is 4.29. The number of rotatable bonds is 9. The lowest BCUT2D eigenvalue weighted by Gasteiger charge is -2.27. The van der Waals surface area contributed by atoms with E-state index in [4.69, 9.17) is 5.11 Å². The number of benzene rings is 1. The van der Waals surface area contributed by atoms with Crippen LogP contribution in [0.5, 0.6) is 0 Å². The largest absolute Gasteiger partial charge is 0.481 e. The van der Waals surface area contributed by atoms with Gasteiger partial charge in [0, 0.05) is 29.8 Å². The van der Waals surface area contributed by atoms with Gasteiger partial charge in [0.2, 0.25) is 0 Å². The molecule has 0 radical (unpaired) electrons. The lowest BCUT2D eigenvalue weighted by Crippen LogP contribution is -2.27. The maximum Gasteiger partial charge on any atom is 0.303 e. The van der Waals surface area contributed by atoms with Gasteiger partial charge in [0.15, 0.2) is 0 Å². The molecule has 0 unspecified atom stereocenters. The molecule has 1 heterocycles. The highest BCUT2D eigenvalue weighted by atomic mass is 32.2. The summed E-state index contributed by atoms with van der Waals surface area (Å²) in [6.07, 6.45) is 8.34. The Bertz CT molecular complexity index is 1040. The number of hydrogen-bond donors (Lipinski definition) is 2. The van der Waals surface area contributed by atoms with Gasteiger partial charge >= 0.3 is 5.97 Å². The van der Waals surface area contributed by atoms with E-state index in [-0.39, 0.29) is 16.7 Å². The summed E-state index contributed by atoms with van der Waals surface area (Å²) in [6, 6.07) is 4.69. The normalized spacial score (nSPS) is 17.2. The maximum absolute atomic E-state index is 11.7. The minimum Gasteiger partial charge on any atom is -0.481 e. The van der Waals surface area contributed by atoms with Crippen LogP contribution in [0, 0.1) is 5.41 Å². The van der Waals surface area contributed by atoms with E-state index in [0.29, 0.717) is 13.0 Å². The number of carboxylic acid groups (broad SMARTS) is 1. The predicted molar refractivity (Wildman–Crippen MR) is 129 cm³/mol. The van der Waals surface area contributed by atoms with Crippen molar-refractivity contribution < 1.29 is 22.9 Å². The molecule has 0 aliphatic carbocycles. The maximum atomic E-state index is 11.7. The van der Waals surface area contributed by atoms with Crippen LogP contribution in [0.2, 0.25) is 0 Å². The molecule has 0 bridgehead atoms. The van der Waals surface area contributed by atoms with Gasteiger partial charge in [0.05, 0.1) is 4.90 Å². The fraction of sp³-hybridized carbons (Fsp3) is 0.480. The molecule has 0 atom stereocenters. The zero-order valence-corrected chi connectivity index (χ0v) is 20.5. The molecule has 0 spiro atoms. The SMILES string of the molecule is C=C(C=CC=C1N(CCCCCC(=O)O)c2ccc(S(=O)(=O)O)cc2C1(C)C)C(C)(C)C. The smallest absolute Gasteiger partial charge is 0.303 e. The van der Waals surface area contributed by atoms with Crippen LogP contribution in [0.4, 0.5) is 5.69 Å². The second kappa shape index (κ2) is 9.63. The summed E-state index contributed by atoms with van der Waals surface area (Å²) in [4.78, 5) is 12.8. The molecule has 7 heteroatoms. The molecule has 0 saturated carbocycles. The molecule has 1 aromatic carbocycles. The topological polar surface area (TPSA) is 94.9 Å². The zero-order chi connectivity index (χ0) is 24.3. The Morgan fingerprint density at radius 1 is 1.19 bits per heavy atom. The summed E-state index contributed by atoms with van der Waals surface area (Å²) in [6.45, 7) is 15.2. The quantitative estimate of drug-likeness (QED) is 0.277. The van der Waals surface area contributed by atoms with Crippen LogP contribution >= 0.6 is 0 Å². The van der Waals surface area contributed by atoms with Crippen molar-refractivity contribution in [3.63, 3.8) is 0 Å². The van der Waals surface area contributed by atoms with Crippen LogP contribution in [0.3, 0.4) is 0 Å². The monoisotopic (exact) mass is 461 g/mol. The number of nitrogens with zero attached hydrogens (tertiary/aromatic N) is 1. The molecule has 1 aliphatic heterocycles. The molecule has 0 amide bonds. The van der Waals surface area contributed by atoms with E-state index in [2.05, 4.69) is 32.3 Å². The molecule has 32 heavy (non-hydrogen) atoms. The zero-order valence-electron chi connectivity index (χ0n) is 19.7. The molecule has 2 N–H and O–H groups in total. The summed E-state index contributed by atoms with van der Waals surface area (Å²) in [7, 11) is -4.31. The number of aliphatic carboxylic acids is 1. The number of carbonyl (C=O) groups is 1. The third-order valence-electron chi connectivity index (χ3n) is 5.95. The number of allylic oxidation sites excluding steroid dienone is 5. The molecular formula is C25H35NO5S. The summed E-state index contributed by atoms with van der Waals surface area (Å²) in [5.41, 5.74) is 3.21. The number of unbranched alkanes of at least 4 members (excludes halogenated alkanes) is 2. The highest BCUT2D eigenvalue weighted by Crippen LogP contribution is 2.48. The Balaban J connectivity index is 2.41.